The van der Waals surface area contributed by atoms with E-state index in [2.05, 4.69) is 15.2 Å². The van der Waals surface area contributed by atoms with Crippen molar-refractivity contribution in [3.63, 3.8) is 0 Å². The van der Waals surface area contributed by atoms with Crippen molar-refractivity contribution < 1.29 is 14.0 Å². The van der Waals surface area contributed by atoms with Gasteiger partial charge in [-0.2, -0.15) is 0 Å². The molecule has 1 saturated heterocycles. The number of aromatic nitrogens is 1. The molecule has 5 rings (SSSR count). The van der Waals surface area contributed by atoms with Gasteiger partial charge in [0.05, 0.1) is 6.26 Å². The number of carbonyl (C=O) groups is 2. The molecule has 0 spiro atoms. The molecule has 7 nitrogen and oxygen atoms in total. The third kappa shape index (κ3) is 4.43. The van der Waals surface area contributed by atoms with Crippen molar-refractivity contribution in [2.24, 2.45) is 0 Å². The summed E-state index contributed by atoms with van der Waals surface area (Å²) in [5.41, 5.74) is 1.65. The molecule has 0 saturated carbocycles. The van der Waals surface area contributed by atoms with Gasteiger partial charge in [-0.3, -0.25) is 9.59 Å². The van der Waals surface area contributed by atoms with Gasteiger partial charge < -0.3 is 19.5 Å². The SMILES string of the molecule is O=C(NCc1ccccc1)c1ccc2ccnc(N3CCN(C(=O)c4ccco4)CC3)c2c1. The van der Waals surface area contributed by atoms with Crippen molar-refractivity contribution in [1.29, 1.82) is 0 Å². The first-order valence-corrected chi connectivity index (χ1v) is 11.0. The molecule has 7 heteroatoms. The third-order valence-electron chi connectivity index (χ3n) is 5.90. The Labute approximate surface area is 191 Å². The number of benzene rings is 2. The molecule has 0 radical (unpaired) electrons. The minimum absolute atomic E-state index is 0.0945. The van der Waals surface area contributed by atoms with E-state index in [1.807, 2.05) is 54.6 Å². The molecule has 2 amide bonds. The third-order valence-corrected chi connectivity index (χ3v) is 5.90. The van der Waals surface area contributed by atoms with Crippen molar-refractivity contribution in [3.05, 3.63) is 96.1 Å². The molecule has 1 N–H and O–H groups in total. The van der Waals surface area contributed by atoms with E-state index in [1.165, 1.54) is 6.26 Å². The highest BCUT2D eigenvalue weighted by molar-refractivity contribution is 6.01. The summed E-state index contributed by atoms with van der Waals surface area (Å²) in [6, 6.07) is 20.9. The number of nitrogens with zero attached hydrogens (tertiary/aromatic N) is 3. The number of piperazine rings is 1. The lowest BCUT2D eigenvalue weighted by atomic mass is 10.1. The van der Waals surface area contributed by atoms with Gasteiger partial charge in [-0.05, 0) is 41.3 Å². The second-order valence-corrected chi connectivity index (χ2v) is 8.00. The van der Waals surface area contributed by atoms with E-state index in [1.54, 1.807) is 23.2 Å². The first-order valence-electron chi connectivity index (χ1n) is 11.0. The average Bonchev–Trinajstić information content (AvgIpc) is 3.42. The summed E-state index contributed by atoms with van der Waals surface area (Å²) in [5, 5.41) is 4.93. The van der Waals surface area contributed by atoms with Crippen LogP contribution in [-0.2, 0) is 6.54 Å². The Morgan fingerprint density at radius 1 is 0.939 bits per heavy atom. The van der Waals surface area contributed by atoms with Crippen LogP contribution >= 0.6 is 0 Å². The van der Waals surface area contributed by atoms with Crippen LogP contribution < -0.4 is 10.2 Å². The highest BCUT2D eigenvalue weighted by Crippen LogP contribution is 2.27. The van der Waals surface area contributed by atoms with Gasteiger partial charge in [0.15, 0.2) is 5.76 Å². The van der Waals surface area contributed by atoms with E-state index in [-0.39, 0.29) is 11.8 Å². The molecule has 2 aromatic heterocycles. The number of furan rings is 1. The molecule has 33 heavy (non-hydrogen) atoms. The summed E-state index contributed by atoms with van der Waals surface area (Å²) in [5.74, 6) is 0.973. The quantitative estimate of drug-likeness (QED) is 0.512. The molecule has 4 aromatic rings. The Morgan fingerprint density at radius 3 is 2.52 bits per heavy atom. The normalized spacial score (nSPS) is 13.8. The molecule has 1 aliphatic rings. The van der Waals surface area contributed by atoms with E-state index in [4.69, 9.17) is 4.42 Å². The van der Waals surface area contributed by atoms with Crippen LogP contribution in [0.3, 0.4) is 0 Å². The molecular weight excluding hydrogens is 416 g/mol. The summed E-state index contributed by atoms with van der Waals surface area (Å²) in [6.07, 6.45) is 3.30. The fourth-order valence-corrected chi connectivity index (χ4v) is 4.10. The monoisotopic (exact) mass is 440 g/mol. The maximum absolute atomic E-state index is 12.8. The Balaban J connectivity index is 1.31. The van der Waals surface area contributed by atoms with E-state index in [9.17, 15) is 9.59 Å². The Morgan fingerprint density at radius 2 is 1.76 bits per heavy atom. The summed E-state index contributed by atoms with van der Waals surface area (Å²) >= 11 is 0. The van der Waals surface area contributed by atoms with E-state index in [0.29, 0.717) is 44.0 Å². The predicted octanol–water partition coefficient (Wildman–Crippen LogP) is 3.72. The fraction of sp³-hybridized carbons (Fsp3) is 0.192. The topological polar surface area (TPSA) is 78.7 Å². The van der Waals surface area contributed by atoms with Crippen LogP contribution in [0.2, 0.25) is 0 Å². The minimum atomic E-state index is -0.121. The second kappa shape index (κ2) is 9.16. The molecule has 2 aromatic carbocycles. The molecule has 1 aliphatic heterocycles. The highest BCUT2D eigenvalue weighted by Gasteiger charge is 2.25. The number of anilines is 1. The van der Waals surface area contributed by atoms with Gasteiger partial charge in [0.1, 0.15) is 5.82 Å². The fourth-order valence-electron chi connectivity index (χ4n) is 4.10. The van der Waals surface area contributed by atoms with Gasteiger partial charge in [-0.1, -0.05) is 36.4 Å². The molecule has 0 aliphatic carbocycles. The lowest BCUT2D eigenvalue weighted by Crippen LogP contribution is -2.49. The standard InChI is InChI=1S/C26H24N4O3/c31-25(28-18-19-5-2-1-3-6-19)21-9-8-20-10-11-27-24(22(20)17-21)29-12-14-30(15-13-29)26(32)23-7-4-16-33-23/h1-11,16-17H,12-15,18H2,(H,28,31). The van der Waals surface area contributed by atoms with Crippen molar-refractivity contribution in [3.8, 4) is 0 Å². The van der Waals surface area contributed by atoms with Crippen molar-refractivity contribution >= 4 is 28.4 Å². The van der Waals surface area contributed by atoms with Crippen molar-refractivity contribution in [1.82, 2.24) is 15.2 Å². The molecule has 166 valence electrons. The summed E-state index contributed by atoms with van der Waals surface area (Å²) in [7, 11) is 0. The lowest BCUT2D eigenvalue weighted by molar-refractivity contribution is 0.0714. The Kier molecular flexibility index (Phi) is 5.76. The molecule has 0 bridgehead atoms. The number of hydrogen-bond acceptors (Lipinski definition) is 5. The highest BCUT2D eigenvalue weighted by atomic mass is 16.3. The summed E-state index contributed by atoms with van der Waals surface area (Å²) < 4.78 is 5.25. The van der Waals surface area contributed by atoms with Crippen LogP contribution in [0.1, 0.15) is 26.5 Å². The first-order chi connectivity index (χ1) is 16.2. The number of hydrogen-bond donors (Lipinski definition) is 1. The van der Waals surface area contributed by atoms with Crippen LogP contribution in [0.25, 0.3) is 10.8 Å². The van der Waals surface area contributed by atoms with Gasteiger partial charge in [0.2, 0.25) is 0 Å². The Hall–Kier alpha value is -4.13. The first kappa shape index (κ1) is 20.8. The average molecular weight is 441 g/mol. The molecular formula is C26H24N4O3. The molecule has 1 fully saturated rings. The smallest absolute Gasteiger partial charge is 0.289 e. The van der Waals surface area contributed by atoms with Gasteiger partial charge in [0.25, 0.3) is 11.8 Å². The van der Waals surface area contributed by atoms with E-state index in [0.717, 1.165) is 22.2 Å². The predicted molar refractivity (Wildman–Crippen MR) is 126 cm³/mol. The maximum atomic E-state index is 12.8. The molecule has 0 atom stereocenters. The lowest BCUT2D eigenvalue weighted by Gasteiger charge is -2.35. The largest absolute Gasteiger partial charge is 0.459 e. The van der Waals surface area contributed by atoms with Crippen LogP contribution in [0.4, 0.5) is 5.82 Å². The van der Waals surface area contributed by atoms with Gasteiger partial charge in [0, 0.05) is 49.9 Å². The zero-order chi connectivity index (χ0) is 22.6. The maximum Gasteiger partial charge on any atom is 0.289 e. The Bertz CT molecular complexity index is 1260. The second-order valence-electron chi connectivity index (χ2n) is 8.00. The zero-order valence-corrected chi connectivity index (χ0v) is 18.1. The van der Waals surface area contributed by atoms with Crippen LogP contribution in [0.5, 0.6) is 0 Å². The van der Waals surface area contributed by atoms with Crippen LogP contribution in [0, 0.1) is 0 Å². The van der Waals surface area contributed by atoms with Crippen LogP contribution in [0.15, 0.2) is 83.6 Å². The van der Waals surface area contributed by atoms with Crippen molar-refractivity contribution in [2.75, 3.05) is 31.1 Å². The van der Waals surface area contributed by atoms with Gasteiger partial charge >= 0.3 is 0 Å². The van der Waals surface area contributed by atoms with Gasteiger partial charge in [-0.25, -0.2) is 4.98 Å². The van der Waals surface area contributed by atoms with E-state index >= 15 is 0 Å². The molecule has 3 heterocycles. The number of rotatable bonds is 5. The summed E-state index contributed by atoms with van der Waals surface area (Å²) in [4.78, 5) is 33.9. The summed E-state index contributed by atoms with van der Waals surface area (Å²) in [6.45, 7) is 2.94. The van der Waals surface area contributed by atoms with E-state index < -0.39 is 0 Å². The number of nitrogens with one attached hydrogen (secondary N) is 1. The van der Waals surface area contributed by atoms with Gasteiger partial charge in [-0.15, -0.1) is 0 Å². The number of carbonyl (C=O) groups excluding carboxylic acids is 2. The van der Waals surface area contributed by atoms with Crippen LogP contribution in [-0.4, -0.2) is 47.9 Å². The zero-order valence-electron chi connectivity index (χ0n) is 18.1. The number of amides is 2. The van der Waals surface area contributed by atoms with Crippen molar-refractivity contribution in [2.45, 2.75) is 6.54 Å². The molecule has 0 unspecified atom stereocenters. The number of fused-ring (bicyclic) bond motifs is 1. The number of pyridine rings is 1. The minimum Gasteiger partial charge on any atom is -0.459 e.